The number of nitrogens with zero attached hydrogens (tertiary/aromatic N) is 2. The first-order valence-corrected chi connectivity index (χ1v) is 3.54. The Bertz CT molecular complexity index is 328. The van der Waals surface area contributed by atoms with Crippen molar-refractivity contribution >= 4 is 11.5 Å². The Balaban J connectivity index is 2.64. The minimum atomic E-state index is 0.614. The SMILES string of the molecule is CC1=NCc2c1ccnc2N. The fourth-order valence-corrected chi connectivity index (χ4v) is 1.30. The van der Waals surface area contributed by atoms with Gasteiger partial charge in [0.15, 0.2) is 0 Å². The lowest BCUT2D eigenvalue weighted by Gasteiger charge is -2.00. The number of rotatable bonds is 0. The van der Waals surface area contributed by atoms with E-state index in [9.17, 15) is 0 Å². The summed E-state index contributed by atoms with van der Waals surface area (Å²) in [5.41, 5.74) is 8.94. The van der Waals surface area contributed by atoms with Gasteiger partial charge >= 0.3 is 0 Å². The summed E-state index contributed by atoms with van der Waals surface area (Å²) in [5, 5.41) is 0. The molecule has 0 amide bonds. The number of hydrogen-bond acceptors (Lipinski definition) is 3. The van der Waals surface area contributed by atoms with Gasteiger partial charge in [0.05, 0.1) is 6.54 Å². The molecular formula is C8H9N3. The molecule has 0 bridgehead atoms. The molecule has 1 aromatic rings. The molecule has 1 aromatic heterocycles. The van der Waals surface area contributed by atoms with E-state index in [0.29, 0.717) is 12.4 Å². The van der Waals surface area contributed by atoms with Crippen LogP contribution < -0.4 is 5.73 Å². The number of aliphatic imine (C=N–C) groups is 1. The van der Waals surface area contributed by atoms with Crippen LogP contribution in [0.2, 0.25) is 0 Å². The highest BCUT2D eigenvalue weighted by atomic mass is 14.9. The van der Waals surface area contributed by atoms with Crippen LogP contribution >= 0.6 is 0 Å². The minimum absolute atomic E-state index is 0.614. The Kier molecular flexibility index (Phi) is 1.18. The third kappa shape index (κ3) is 0.808. The predicted octanol–water partition coefficient (Wildman–Crippen LogP) is 0.986. The first-order chi connectivity index (χ1) is 5.29. The molecule has 0 spiro atoms. The van der Waals surface area contributed by atoms with Gasteiger partial charge in [0.1, 0.15) is 5.82 Å². The van der Waals surface area contributed by atoms with E-state index >= 15 is 0 Å². The summed E-state index contributed by atoms with van der Waals surface area (Å²) in [6, 6.07) is 1.96. The number of nitrogens with two attached hydrogens (primary N) is 1. The molecule has 3 heteroatoms. The van der Waals surface area contributed by atoms with Gasteiger partial charge in [-0.1, -0.05) is 0 Å². The van der Waals surface area contributed by atoms with Gasteiger partial charge < -0.3 is 5.73 Å². The Labute approximate surface area is 65.0 Å². The average molecular weight is 147 g/mol. The Hall–Kier alpha value is -1.38. The van der Waals surface area contributed by atoms with Gasteiger partial charge in [0, 0.05) is 23.0 Å². The van der Waals surface area contributed by atoms with E-state index in [1.807, 2.05) is 13.0 Å². The molecule has 0 aromatic carbocycles. The topological polar surface area (TPSA) is 51.3 Å². The smallest absolute Gasteiger partial charge is 0.129 e. The standard InChI is InChI=1S/C8H9N3/c1-5-6-2-3-10-8(9)7(6)4-11-5/h2-3H,4H2,1H3,(H2,9,10). The van der Waals surface area contributed by atoms with E-state index in [1.165, 1.54) is 0 Å². The fraction of sp³-hybridized carbons (Fsp3) is 0.250. The lowest BCUT2D eigenvalue weighted by atomic mass is 10.1. The van der Waals surface area contributed by atoms with Crippen LogP contribution in [0, 0.1) is 0 Å². The highest BCUT2D eigenvalue weighted by Crippen LogP contribution is 2.21. The molecule has 3 nitrogen and oxygen atoms in total. The molecule has 0 saturated heterocycles. The number of pyridine rings is 1. The third-order valence-electron chi connectivity index (χ3n) is 1.95. The van der Waals surface area contributed by atoms with E-state index in [-0.39, 0.29) is 0 Å². The van der Waals surface area contributed by atoms with E-state index in [2.05, 4.69) is 9.98 Å². The van der Waals surface area contributed by atoms with Crippen molar-refractivity contribution in [2.24, 2.45) is 4.99 Å². The highest BCUT2D eigenvalue weighted by molar-refractivity contribution is 6.02. The molecular weight excluding hydrogens is 138 g/mol. The predicted molar refractivity (Wildman–Crippen MR) is 44.6 cm³/mol. The van der Waals surface area contributed by atoms with Crippen molar-refractivity contribution in [2.75, 3.05) is 5.73 Å². The van der Waals surface area contributed by atoms with Crippen LogP contribution in [0.3, 0.4) is 0 Å². The average Bonchev–Trinajstić information content (AvgIpc) is 2.35. The maximum Gasteiger partial charge on any atom is 0.129 e. The molecule has 0 radical (unpaired) electrons. The molecule has 1 aliphatic rings. The van der Waals surface area contributed by atoms with Gasteiger partial charge in [-0.2, -0.15) is 0 Å². The molecule has 0 saturated carbocycles. The summed E-state index contributed by atoms with van der Waals surface area (Å²) < 4.78 is 0. The van der Waals surface area contributed by atoms with E-state index in [0.717, 1.165) is 16.8 Å². The molecule has 2 N–H and O–H groups in total. The first kappa shape index (κ1) is 6.34. The zero-order valence-corrected chi connectivity index (χ0v) is 6.33. The van der Waals surface area contributed by atoms with E-state index in [1.54, 1.807) is 6.20 Å². The molecule has 0 unspecified atom stereocenters. The van der Waals surface area contributed by atoms with E-state index in [4.69, 9.17) is 5.73 Å². The van der Waals surface area contributed by atoms with Gasteiger partial charge in [-0.05, 0) is 13.0 Å². The molecule has 2 heterocycles. The van der Waals surface area contributed by atoms with Crippen molar-refractivity contribution in [1.82, 2.24) is 4.98 Å². The summed E-state index contributed by atoms with van der Waals surface area (Å²) in [7, 11) is 0. The Morgan fingerprint density at radius 3 is 3.09 bits per heavy atom. The summed E-state index contributed by atoms with van der Waals surface area (Å²) in [5.74, 6) is 0.614. The second-order valence-electron chi connectivity index (χ2n) is 2.62. The highest BCUT2D eigenvalue weighted by Gasteiger charge is 2.14. The van der Waals surface area contributed by atoms with Gasteiger partial charge in [-0.15, -0.1) is 0 Å². The molecule has 0 atom stereocenters. The van der Waals surface area contributed by atoms with Crippen LogP contribution in [0.25, 0.3) is 0 Å². The number of anilines is 1. The molecule has 56 valence electrons. The summed E-state index contributed by atoms with van der Waals surface area (Å²) in [4.78, 5) is 8.25. The molecule has 1 aliphatic heterocycles. The largest absolute Gasteiger partial charge is 0.383 e. The molecule has 0 fully saturated rings. The van der Waals surface area contributed by atoms with Crippen molar-refractivity contribution in [3.63, 3.8) is 0 Å². The van der Waals surface area contributed by atoms with Gasteiger partial charge in [-0.3, -0.25) is 4.99 Å². The van der Waals surface area contributed by atoms with Crippen molar-refractivity contribution in [3.05, 3.63) is 23.4 Å². The number of fused-ring (bicyclic) bond motifs is 1. The summed E-state index contributed by atoms with van der Waals surface area (Å²) in [6.45, 7) is 2.69. The van der Waals surface area contributed by atoms with Crippen LogP contribution in [0.15, 0.2) is 17.3 Å². The van der Waals surface area contributed by atoms with Crippen LogP contribution in [-0.4, -0.2) is 10.7 Å². The number of nitrogen functional groups attached to an aromatic ring is 1. The number of aromatic nitrogens is 1. The molecule has 2 rings (SSSR count). The minimum Gasteiger partial charge on any atom is -0.383 e. The summed E-state index contributed by atoms with van der Waals surface area (Å²) >= 11 is 0. The Morgan fingerprint density at radius 1 is 1.55 bits per heavy atom. The van der Waals surface area contributed by atoms with Gasteiger partial charge in [-0.25, -0.2) is 4.98 Å². The second kappa shape index (κ2) is 2.05. The van der Waals surface area contributed by atoms with Crippen molar-refractivity contribution < 1.29 is 0 Å². The second-order valence-corrected chi connectivity index (χ2v) is 2.62. The zero-order chi connectivity index (χ0) is 7.84. The Morgan fingerprint density at radius 2 is 2.36 bits per heavy atom. The quantitative estimate of drug-likeness (QED) is 0.594. The zero-order valence-electron chi connectivity index (χ0n) is 6.33. The van der Waals surface area contributed by atoms with E-state index < -0.39 is 0 Å². The van der Waals surface area contributed by atoms with Crippen molar-refractivity contribution in [3.8, 4) is 0 Å². The summed E-state index contributed by atoms with van der Waals surface area (Å²) in [6.07, 6.45) is 1.72. The third-order valence-corrected chi connectivity index (χ3v) is 1.95. The van der Waals surface area contributed by atoms with Crippen LogP contribution in [-0.2, 0) is 6.54 Å². The first-order valence-electron chi connectivity index (χ1n) is 3.54. The van der Waals surface area contributed by atoms with Crippen LogP contribution in [0.5, 0.6) is 0 Å². The normalized spacial score (nSPS) is 14.5. The van der Waals surface area contributed by atoms with Crippen molar-refractivity contribution in [1.29, 1.82) is 0 Å². The lowest BCUT2D eigenvalue weighted by molar-refractivity contribution is 1.09. The van der Waals surface area contributed by atoms with Crippen molar-refractivity contribution in [2.45, 2.75) is 13.5 Å². The lowest BCUT2D eigenvalue weighted by Crippen LogP contribution is -1.99. The molecule has 11 heavy (non-hydrogen) atoms. The van der Waals surface area contributed by atoms with Gasteiger partial charge in [0.25, 0.3) is 0 Å². The monoisotopic (exact) mass is 147 g/mol. The maximum absolute atomic E-state index is 5.65. The molecule has 0 aliphatic carbocycles. The van der Waals surface area contributed by atoms with Crippen LogP contribution in [0.4, 0.5) is 5.82 Å². The maximum atomic E-state index is 5.65. The number of hydrogen-bond donors (Lipinski definition) is 1. The van der Waals surface area contributed by atoms with Gasteiger partial charge in [0.2, 0.25) is 0 Å². The fourth-order valence-electron chi connectivity index (χ4n) is 1.30. The van der Waals surface area contributed by atoms with Crippen LogP contribution in [0.1, 0.15) is 18.1 Å².